The van der Waals surface area contributed by atoms with E-state index in [2.05, 4.69) is 54.7 Å². The van der Waals surface area contributed by atoms with Gasteiger partial charge in [0.1, 0.15) is 0 Å². The molecule has 0 saturated carbocycles. The molecule has 0 bridgehead atoms. The summed E-state index contributed by atoms with van der Waals surface area (Å²) in [5, 5.41) is 0. The molecular weight excluding hydrogens is 324 g/mol. The number of hydrogen-bond acceptors (Lipinski definition) is 0. The number of benzene rings is 1. The highest BCUT2D eigenvalue weighted by molar-refractivity contribution is 9.11. The molecule has 3 heteroatoms. The fraction of sp³-hybridized carbons (Fsp3) is 0. The van der Waals surface area contributed by atoms with E-state index in [9.17, 15) is 0 Å². The molecule has 0 unspecified atom stereocenters. The van der Waals surface area contributed by atoms with Crippen LogP contribution in [0.5, 0.6) is 0 Å². The van der Waals surface area contributed by atoms with Gasteiger partial charge in [-0.3, -0.25) is 0 Å². The molecule has 0 heterocycles. The molecule has 0 atom stereocenters. The van der Waals surface area contributed by atoms with E-state index < -0.39 is 0 Å². The van der Waals surface area contributed by atoms with Crippen molar-refractivity contribution in [2.45, 2.75) is 0 Å². The molecule has 0 spiro atoms. The molecule has 1 radical (unpaired) electrons. The first-order valence-corrected chi connectivity index (χ1v) is 4.95. The van der Waals surface area contributed by atoms with Gasteiger partial charge in [0.2, 0.25) is 0 Å². The molecule has 0 aliphatic rings. The highest BCUT2D eigenvalue weighted by Gasteiger charge is 2.00. The predicted molar refractivity (Wildman–Crippen MR) is 54.0 cm³/mol. The average Bonchev–Trinajstić information content (AvgIpc) is 1.82. The van der Waals surface area contributed by atoms with Gasteiger partial charge in [-0.15, -0.1) is 0 Å². The molecule has 0 aromatic heterocycles. The van der Waals surface area contributed by atoms with Crippen LogP contribution in [0.4, 0.5) is 0 Å². The van der Waals surface area contributed by atoms with Gasteiger partial charge < -0.3 is 0 Å². The van der Waals surface area contributed by atoms with Gasteiger partial charge in [-0.1, -0.05) is 47.8 Å². The van der Waals surface area contributed by atoms with Crippen LogP contribution in [0.25, 0.3) is 0 Å². The second kappa shape index (κ2) is 3.37. The van der Waals surface area contributed by atoms with E-state index in [4.69, 9.17) is 0 Å². The molecule has 53 valence electrons. The summed E-state index contributed by atoms with van der Waals surface area (Å²) in [4.78, 5) is 0. The maximum absolute atomic E-state index is 3.85. The van der Waals surface area contributed by atoms with Gasteiger partial charge in [0.05, 0.1) is 0 Å². The van der Waals surface area contributed by atoms with E-state index in [0.717, 1.165) is 19.0 Å². The Hall–Kier alpha value is 0.660. The van der Waals surface area contributed by atoms with Gasteiger partial charge in [0.25, 0.3) is 0 Å². The molecule has 0 fully saturated rings. The Bertz CT molecular complexity index is 232. The predicted octanol–water partition coefficient (Wildman–Crippen LogP) is 4.16. The van der Waals surface area contributed by atoms with Gasteiger partial charge in [-0.05, 0) is 24.6 Å². The van der Waals surface area contributed by atoms with E-state index in [1.54, 1.807) is 0 Å². The van der Waals surface area contributed by atoms with E-state index in [0.29, 0.717) is 0 Å². The second-order valence-electron chi connectivity index (χ2n) is 1.85. The highest BCUT2D eigenvalue weighted by Crippen LogP contribution is 2.28. The summed E-state index contributed by atoms with van der Waals surface area (Å²) in [5.74, 6) is 0. The minimum absolute atomic E-state index is 0.975. The molecule has 0 nitrogen and oxygen atoms in total. The summed E-state index contributed by atoms with van der Waals surface area (Å²) < 4.78 is 3.06. The molecular formula is C7H4Br3. The van der Waals surface area contributed by atoms with Gasteiger partial charge >= 0.3 is 0 Å². The Morgan fingerprint density at radius 3 is 1.80 bits per heavy atom. The average molecular weight is 328 g/mol. The Morgan fingerprint density at radius 1 is 1.00 bits per heavy atom. The second-order valence-corrected chi connectivity index (χ2v) is 4.47. The quantitative estimate of drug-likeness (QED) is 0.671. The Kier molecular flexibility index (Phi) is 2.95. The minimum Gasteiger partial charge on any atom is -0.0508 e. The maximum Gasteiger partial charge on any atom is 0.0229 e. The van der Waals surface area contributed by atoms with Gasteiger partial charge in [-0.25, -0.2) is 0 Å². The Balaban J connectivity index is 3.31. The van der Waals surface area contributed by atoms with E-state index in [-0.39, 0.29) is 0 Å². The lowest BCUT2D eigenvalue weighted by molar-refractivity contribution is 1.48. The lowest BCUT2D eigenvalue weighted by Crippen LogP contribution is -1.77. The van der Waals surface area contributed by atoms with Crippen LogP contribution in [0.1, 0.15) is 5.56 Å². The van der Waals surface area contributed by atoms with Crippen molar-refractivity contribution in [3.05, 3.63) is 38.0 Å². The van der Waals surface area contributed by atoms with Crippen molar-refractivity contribution in [3.63, 3.8) is 0 Å². The van der Waals surface area contributed by atoms with Crippen LogP contribution in [-0.2, 0) is 0 Å². The van der Waals surface area contributed by atoms with Crippen LogP contribution in [0.3, 0.4) is 0 Å². The lowest BCUT2D eigenvalue weighted by atomic mass is 10.2. The highest BCUT2D eigenvalue weighted by atomic mass is 79.9. The monoisotopic (exact) mass is 325 g/mol. The SMILES string of the molecule is [CH2]c1c(Br)cc(Br)cc1Br. The first-order valence-electron chi connectivity index (χ1n) is 2.58. The molecule has 0 saturated heterocycles. The zero-order chi connectivity index (χ0) is 7.72. The molecule has 0 N–H and O–H groups in total. The molecule has 10 heavy (non-hydrogen) atoms. The molecule has 0 amide bonds. The van der Waals surface area contributed by atoms with Crippen LogP contribution in [0.2, 0.25) is 0 Å². The molecule has 1 rings (SSSR count). The summed E-state index contributed by atoms with van der Waals surface area (Å²) in [6, 6.07) is 3.93. The fourth-order valence-corrected chi connectivity index (χ4v) is 2.83. The standard InChI is InChI=1S/C7H4Br3/c1-4-6(9)2-5(8)3-7(4)10/h2-3H,1H2. The number of rotatable bonds is 0. The number of hydrogen-bond donors (Lipinski definition) is 0. The van der Waals surface area contributed by atoms with Crippen molar-refractivity contribution in [3.8, 4) is 0 Å². The van der Waals surface area contributed by atoms with Crippen LogP contribution in [0.15, 0.2) is 25.6 Å². The zero-order valence-electron chi connectivity index (χ0n) is 5.00. The van der Waals surface area contributed by atoms with E-state index >= 15 is 0 Å². The van der Waals surface area contributed by atoms with Crippen molar-refractivity contribution in [1.82, 2.24) is 0 Å². The normalized spacial score (nSPS) is 10.0. The largest absolute Gasteiger partial charge is 0.0508 e. The topological polar surface area (TPSA) is 0 Å². The first kappa shape index (κ1) is 8.75. The van der Waals surface area contributed by atoms with E-state index in [1.807, 2.05) is 12.1 Å². The van der Waals surface area contributed by atoms with Crippen molar-refractivity contribution in [2.75, 3.05) is 0 Å². The summed E-state index contributed by atoms with van der Waals surface area (Å²) >= 11 is 10.1. The third-order valence-corrected chi connectivity index (χ3v) is 2.98. The van der Waals surface area contributed by atoms with Crippen LogP contribution < -0.4 is 0 Å². The molecule has 1 aromatic carbocycles. The van der Waals surface area contributed by atoms with Crippen molar-refractivity contribution in [2.24, 2.45) is 0 Å². The lowest BCUT2D eigenvalue weighted by Gasteiger charge is -2.00. The van der Waals surface area contributed by atoms with Gasteiger partial charge in [0.15, 0.2) is 0 Å². The van der Waals surface area contributed by atoms with Crippen LogP contribution >= 0.6 is 47.8 Å². The molecule has 0 aliphatic carbocycles. The van der Waals surface area contributed by atoms with Gasteiger partial charge in [0, 0.05) is 13.4 Å². The third-order valence-electron chi connectivity index (χ3n) is 1.11. The Morgan fingerprint density at radius 2 is 1.40 bits per heavy atom. The number of halogens is 3. The van der Waals surface area contributed by atoms with Crippen molar-refractivity contribution >= 4 is 47.8 Å². The molecule has 1 aromatic rings. The summed E-state index contributed by atoms with van der Waals surface area (Å²) in [5.41, 5.74) is 0.975. The maximum atomic E-state index is 3.85. The third kappa shape index (κ3) is 1.83. The van der Waals surface area contributed by atoms with Crippen molar-refractivity contribution in [1.29, 1.82) is 0 Å². The minimum atomic E-state index is 0.975. The van der Waals surface area contributed by atoms with Gasteiger partial charge in [-0.2, -0.15) is 0 Å². The van der Waals surface area contributed by atoms with Crippen molar-refractivity contribution < 1.29 is 0 Å². The fourth-order valence-electron chi connectivity index (χ4n) is 0.572. The first-order chi connectivity index (χ1) is 4.61. The van der Waals surface area contributed by atoms with Crippen LogP contribution in [0, 0.1) is 6.92 Å². The summed E-state index contributed by atoms with van der Waals surface area (Å²) in [7, 11) is 0. The van der Waals surface area contributed by atoms with Crippen LogP contribution in [-0.4, -0.2) is 0 Å². The Labute approximate surface area is 85.4 Å². The zero-order valence-corrected chi connectivity index (χ0v) is 9.75. The molecule has 0 aliphatic heterocycles. The smallest absolute Gasteiger partial charge is 0.0229 e. The van der Waals surface area contributed by atoms with E-state index in [1.165, 1.54) is 0 Å². The summed E-state index contributed by atoms with van der Waals surface area (Å²) in [6.45, 7) is 3.85. The summed E-state index contributed by atoms with van der Waals surface area (Å²) in [6.07, 6.45) is 0.